The molecule has 5 aromatic rings. The van der Waals surface area contributed by atoms with Crippen LogP contribution in [0.15, 0.2) is 47.5 Å². The Morgan fingerprint density at radius 1 is 1.14 bits per heavy atom. The fourth-order valence-corrected chi connectivity index (χ4v) is 5.44. The van der Waals surface area contributed by atoms with Crippen molar-refractivity contribution in [1.29, 1.82) is 0 Å². The van der Waals surface area contributed by atoms with Crippen LogP contribution in [0.5, 0.6) is 0 Å². The molecule has 0 saturated heterocycles. The van der Waals surface area contributed by atoms with Crippen molar-refractivity contribution in [2.45, 2.75) is 25.8 Å². The van der Waals surface area contributed by atoms with Crippen LogP contribution in [-0.4, -0.2) is 29.4 Å². The second-order valence-electron chi connectivity index (χ2n) is 7.04. The SMILES string of the molecule is Brc1cnn(Cc2ccc(-c3nc4c5c6c(sc5ncn4n3)CCC6)cc2)c1. The Morgan fingerprint density at radius 2 is 2.04 bits per heavy atom. The number of hydrogen-bond acceptors (Lipinski definition) is 5. The molecule has 0 spiro atoms. The Bertz CT molecular complexity index is 1330. The highest BCUT2D eigenvalue weighted by atomic mass is 79.9. The van der Waals surface area contributed by atoms with Gasteiger partial charge in [-0.15, -0.1) is 16.4 Å². The molecule has 0 bridgehead atoms. The first kappa shape index (κ1) is 16.4. The first-order valence-corrected chi connectivity index (χ1v) is 10.8. The van der Waals surface area contributed by atoms with Gasteiger partial charge in [0, 0.05) is 16.6 Å². The van der Waals surface area contributed by atoms with Gasteiger partial charge in [-0.3, -0.25) is 4.68 Å². The third-order valence-corrected chi connectivity index (χ3v) is 6.81. The maximum absolute atomic E-state index is 4.87. The lowest BCUT2D eigenvalue weighted by molar-refractivity contribution is 0.686. The van der Waals surface area contributed by atoms with E-state index in [-0.39, 0.29) is 0 Å². The molecule has 0 unspecified atom stereocenters. The lowest BCUT2D eigenvalue weighted by Crippen LogP contribution is -1.99. The standard InChI is InChI=1S/C20H15BrN6S/c21-14-8-23-26(10-14)9-12-4-6-13(7-5-12)18-24-19-17-15-2-1-3-16(15)28-20(17)22-11-27(19)25-18/h4-8,10-11H,1-3,9H2. The van der Waals surface area contributed by atoms with Crippen molar-refractivity contribution in [2.75, 3.05) is 0 Å². The summed E-state index contributed by atoms with van der Waals surface area (Å²) in [6, 6.07) is 8.36. The average molecular weight is 451 g/mol. The summed E-state index contributed by atoms with van der Waals surface area (Å²) in [5, 5.41) is 10.2. The zero-order valence-corrected chi connectivity index (χ0v) is 17.2. The molecule has 0 N–H and O–H groups in total. The fraction of sp³-hybridized carbons (Fsp3) is 0.200. The van der Waals surface area contributed by atoms with E-state index in [2.05, 4.69) is 55.4 Å². The largest absolute Gasteiger partial charge is 0.267 e. The number of fused-ring (bicyclic) bond motifs is 5. The summed E-state index contributed by atoms with van der Waals surface area (Å²) in [6.45, 7) is 0.732. The van der Waals surface area contributed by atoms with E-state index in [9.17, 15) is 0 Å². The quantitative estimate of drug-likeness (QED) is 0.405. The van der Waals surface area contributed by atoms with Crippen molar-refractivity contribution in [1.82, 2.24) is 29.4 Å². The molecule has 0 fully saturated rings. The maximum atomic E-state index is 4.87. The molecule has 1 aliphatic rings. The van der Waals surface area contributed by atoms with Crippen molar-refractivity contribution in [3.8, 4) is 11.4 Å². The fourth-order valence-electron chi connectivity index (χ4n) is 3.89. The molecular formula is C20H15BrN6S. The number of benzene rings is 1. The highest BCUT2D eigenvalue weighted by Crippen LogP contribution is 2.38. The number of aromatic nitrogens is 6. The Balaban J connectivity index is 1.38. The van der Waals surface area contributed by atoms with Gasteiger partial charge in [0.05, 0.1) is 22.6 Å². The minimum absolute atomic E-state index is 0.732. The van der Waals surface area contributed by atoms with Crippen molar-refractivity contribution < 1.29 is 0 Å². The van der Waals surface area contributed by atoms with Crippen molar-refractivity contribution >= 4 is 43.1 Å². The second kappa shape index (κ2) is 6.22. The van der Waals surface area contributed by atoms with Crippen LogP contribution < -0.4 is 0 Å². The lowest BCUT2D eigenvalue weighted by atomic mass is 10.1. The summed E-state index contributed by atoms with van der Waals surface area (Å²) in [7, 11) is 0. The summed E-state index contributed by atoms with van der Waals surface area (Å²) in [5.74, 6) is 0.737. The molecule has 0 aliphatic heterocycles. The van der Waals surface area contributed by atoms with E-state index in [1.54, 1.807) is 12.5 Å². The topological polar surface area (TPSA) is 60.9 Å². The molecule has 6 rings (SSSR count). The highest BCUT2D eigenvalue weighted by Gasteiger charge is 2.22. The van der Waals surface area contributed by atoms with E-state index in [0.717, 1.165) is 45.7 Å². The summed E-state index contributed by atoms with van der Waals surface area (Å²) in [6.07, 6.45) is 9.06. The van der Waals surface area contributed by atoms with Gasteiger partial charge in [-0.05, 0) is 46.3 Å². The van der Waals surface area contributed by atoms with Crippen molar-refractivity contribution in [3.63, 3.8) is 0 Å². The molecular weight excluding hydrogens is 436 g/mol. The van der Waals surface area contributed by atoms with Gasteiger partial charge in [0.15, 0.2) is 11.5 Å². The second-order valence-corrected chi connectivity index (χ2v) is 9.04. The summed E-state index contributed by atoms with van der Waals surface area (Å²) >= 11 is 5.24. The van der Waals surface area contributed by atoms with Crippen LogP contribution in [0, 0.1) is 0 Å². The normalized spacial score (nSPS) is 13.6. The van der Waals surface area contributed by atoms with Gasteiger partial charge in [-0.25, -0.2) is 14.5 Å². The molecule has 0 radical (unpaired) electrons. The van der Waals surface area contributed by atoms with Crippen LogP contribution in [0.2, 0.25) is 0 Å². The van der Waals surface area contributed by atoms with E-state index < -0.39 is 0 Å². The number of thiophene rings is 1. The average Bonchev–Trinajstić information content (AvgIpc) is 3.44. The number of halogens is 1. The van der Waals surface area contributed by atoms with Crippen LogP contribution in [0.4, 0.5) is 0 Å². The summed E-state index contributed by atoms with van der Waals surface area (Å²) < 4.78 is 4.71. The Kier molecular flexibility index (Phi) is 3.64. The Labute approximate surface area is 173 Å². The molecule has 1 aromatic carbocycles. The van der Waals surface area contributed by atoms with E-state index in [1.165, 1.54) is 27.8 Å². The van der Waals surface area contributed by atoms with Gasteiger partial charge in [-0.2, -0.15) is 5.10 Å². The number of hydrogen-bond donors (Lipinski definition) is 0. The summed E-state index contributed by atoms with van der Waals surface area (Å²) in [4.78, 5) is 12.0. The van der Waals surface area contributed by atoms with Crippen LogP contribution in [0.25, 0.3) is 27.3 Å². The van der Waals surface area contributed by atoms with E-state index in [4.69, 9.17) is 4.98 Å². The van der Waals surface area contributed by atoms with E-state index in [0.29, 0.717) is 0 Å². The van der Waals surface area contributed by atoms with E-state index >= 15 is 0 Å². The zero-order valence-electron chi connectivity index (χ0n) is 14.8. The molecule has 28 heavy (non-hydrogen) atoms. The minimum atomic E-state index is 0.732. The van der Waals surface area contributed by atoms with Gasteiger partial charge >= 0.3 is 0 Å². The molecule has 4 aromatic heterocycles. The number of aryl methyl sites for hydroxylation is 2. The van der Waals surface area contributed by atoms with Crippen molar-refractivity contribution in [3.05, 3.63) is 63.5 Å². The van der Waals surface area contributed by atoms with Gasteiger partial charge in [0.25, 0.3) is 0 Å². The maximum Gasteiger partial charge on any atom is 0.182 e. The first-order valence-electron chi connectivity index (χ1n) is 9.17. The predicted molar refractivity (Wildman–Crippen MR) is 113 cm³/mol. The van der Waals surface area contributed by atoms with Crippen LogP contribution >= 0.6 is 27.3 Å². The number of nitrogens with zero attached hydrogens (tertiary/aromatic N) is 6. The zero-order chi connectivity index (χ0) is 18.7. The minimum Gasteiger partial charge on any atom is -0.267 e. The Hall–Kier alpha value is -2.58. The van der Waals surface area contributed by atoms with E-state index in [1.807, 2.05) is 26.7 Å². The van der Waals surface area contributed by atoms with Gasteiger partial charge in [0.2, 0.25) is 0 Å². The molecule has 1 aliphatic carbocycles. The predicted octanol–water partition coefficient (Wildman–Crippen LogP) is 4.50. The molecule has 0 saturated carbocycles. The molecule has 0 atom stereocenters. The van der Waals surface area contributed by atoms with Crippen molar-refractivity contribution in [2.24, 2.45) is 0 Å². The molecule has 6 nitrogen and oxygen atoms in total. The monoisotopic (exact) mass is 450 g/mol. The van der Waals surface area contributed by atoms with Gasteiger partial charge < -0.3 is 0 Å². The molecule has 138 valence electrons. The van der Waals surface area contributed by atoms with Gasteiger partial charge in [-0.1, -0.05) is 24.3 Å². The lowest BCUT2D eigenvalue weighted by Gasteiger charge is -2.02. The summed E-state index contributed by atoms with van der Waals surface area (Å²) in [5.41, 5.74) is 4.54. The van der Waals surface area contributed by atoms with Crippen LogP contribution in [0.1, 0.15) is 22.4 Å². The smallest absolute Gasteiger partial charge is 0.182 e. The molecule has 4 heterocycles. The highest BCUT2D eigenvalue weighted by molar-refractivity contribution is 9.10. The van der Waals surface area contributed by atoms with Gasteiger partial charge in [0.1, 0.15) is 11.2 Å². The third kappa shape index (κ3) is 2.59. The van der Waals surface area contributed by atoms with Crippen LogP contribution in [-0.2, 0) is 19.4 Å². The third-order valence-electron chi connectivity index (χ3n) is 5.20. The van der Waals surface area contributed by atoms with Crippen LogP contribution in [0.3, 0.4) is 0 Å². The first-order chi connectivity index (χ1) is 13.7. The molecule has 0 amide bonds. The number of rotatable bonds is 3. The molecule has 8 heteroatoms. The Morgan fingerprint density at radius 3 is 2.86 bits per heavy atom.